The van der Waals surface area contributed by atoms with Crippen LogP contribution in [0, 0.1) is 0 Å². The first kappa shape index (κ1) is 16.7. The van der Waals surface area contributed by atoms with E-state index in [4.69, 9.17) is 0 Å². The van der Waals surface area contributed by atoms with Crippen molar-refractivity contribution < 1.29 is 27.5 Å². The molecule has 1 rings (SSSR count). The molecule has 0 saturated carbocycles. The first-order valence-electron chi connectivity index (χ1n) is 5.85. The minimum atomic E-state index is -4.60. The Balaban J connectivity index is 2.68. The van der Waals surface area contributed by atoms with E-state index in [2.05, 4.69) is 10.1 Å². The number of rotatable bonds is 5. The first-order valence-corrected chi connectivity index (χ1v) is 5.85. The van der Waals surface area contributed by atoms with Gasteiger partial charge in [0, 0.05) is 18.8 Å². The van der Waals surface area contributed by atoms with Crippen LogP contribution < -0.4 is 10.9 Å². The molecule has 0 spiro atoms. The molecule has 1 heterocycles. The van der Waals surface area contributed by atoms with Crippen LogP contribution in [0.1, 0.15) is 12.0 Å². The van der Waals surface area contributed by atoms with E-state index in [0.717, 1.165) is 6.07 Å². The zero-order valence-electron chi connectivity index (χ0n) is 11.1. The minimum Gasteiger partial charge on any atom is -0.469 e. The maximum atomic E-state index is 12.5. The molecule has 6 nitrogen and oxygen atoms in total. The summed E-state index contributed by atoms with van der Waals surface area (Å²) < 4.78 is 42.5. The number of methoxy groups -OCH3 is 1. The molecule has 0 aliphatic heterocycles. The van der Waals surface area contributed by atoms with Crippen molar-refractivity contribution in [2.75, 3.05) is 13.7 Å². The summed E-state index contributed by atoms with van der Waals surface area (Å²) in [5.74, 6) is -1.22. The summed E-state index contributed by atoms with van der Waals surface area (Å²) in [7, 11) is 1.19. The Kier molecular flexibility index (Phi) is 5.51. The van der Waals surface area contributed by atoms with Crippen LogP contribution in [0.15, 0.2) is 23.1 Å². The Bertz CT molecular complexity index is 581. The van der Waals surface area contributed by atoms with Gasteiger partial charge >= 0.3 is 12.1 Å². The number of esters is 1. The smallest absolute Gasteiger partial charge is 0.417 e. The molecule has 116 valence electrons. The van der Waals surface area contributed by atoms with E-state index in [9.17, 15) is 27.6 Å². The van der Waals surface area contributed by atoms with Crippen LogP contribution in [0.5, 0.6) is 0 Å². The van der Waals surface area contributed by atoms with Gasteiger partial charge in [0.15, 0.2) is 0 Å². The molecule has 1 amide bonds. The van der Waals surface area contributed by atoms with Gasteiger partial charge in [0.1, 0.15) is 6.54 Å². The third-order valence-electron chi connectivity index (χ3n) is 2.50. The van der Waals surface area contributed by atoms with Gasteiger partial charge in [0.25, 0.3) is 5.56 Å². The summed E-state index contributed by atoms with van der Waals surface area (Å²) in [6.07, 6.45) is -4.10. The van der Waals surface area contributed by atoms with Crippen molar-refractivity contribution in [3.05, 3.63) is 34.2 Å². The molecule has 21 heavy (non-hydrogen) atoms. The number of hydrogen-bond acceptors (Lipinski definition) is 4. The molecular weight excluding hydrogens is 293 g/mol. The SMILES string of the molecule is COC(=O)CCNC(=O)Cn1cc(C(F)(F)F)ccc1=O. The summed E-state index contributed by atoms with van der Waals surface area (Å²) in [6, 6.07) is 1.39. The van der Waals surface area contributed by atoms with E-state index in [1.807, 2.05) is 0 Å². The standard InChI is InChI=1S/C12H13F3N2O4/c1-21-11(20)4-5-16-9(18)7-17-6-8(12(13,14)15)2-3-10(17)19/h2-3,6H,4-5,7H2,1H3,(H,16,18). The van der Waals surface area contributed by atoms with Crippen molar-refractivity contribution in [2.24, 2.45) is 0 Å². The fraction of sp³-hybridized carbons (Fsp3) is 0.417. The van der Waals surface area contributed by atoms with Gasteiger partial charge < -0.3 is 14.6 Å². The highest BCUT2D eigenvalue weighted by molar-refractivity contribution is 5.76. The average Bonchev–Trinajstić information content (AvgIpc) is 2.39. The van der Waals surface area contributed by atoms with Gasteiger partial charge in [0.05, 0.1) is 19.1 Å². The van der Waals surface area contributed by atoms with Crippen molar-refractivity contribution in [3.8, 4) is 0 Å². The van der Waals surface area contributed by atoms with E-state index in [-0.39, 0.29) is 13.0 Å². The van der Waals surface area contributed by atoms with E-state index in [1.54, 1.807) is 0 Å². The Morgan fingerprint density at radius 1 is 1.33 bits per heavy atom. The fourth-order valence-corrected chi connectivity index (χ4v) is 1.44. The Labute approximate surface area is 117 Å². The lowest BCUT2D eigenvalue weighted by molar-refractivity contribution is -0.141. The number of ether oxygens (including phenoxy) is 1. The maximum absolute atomic E-state index is 12.5. The second-order valence-electron chi connectivity index (χ2n) is 4.06. The number of aromatic nitrogens is 1. The van der Waals surface area contributed by atoms with Crippen molar-refractivity contribution in [3.63, 3.8) is 0 Å². The highest BCUT2D eigenvalue weighted by Crippen LogP contribution is 2.27. The lowest BCUT2D eigenvalue weighted by atomic mass is 10.2. The molecule has 9 heteroatoms. The molecule has 1 N–H and O–H groups in total. The van der Waals surface area contributed by atoms with E-state index in [0.29, 0.717) is 16.8 Å². The number of alkyl halides is 3. The van der Waals surface area contributed by atoms with Crippen molar-refractivity contribution in [1.29, 1.82) is 0 Å². The zero-order chi connectivity index (χ0) is 16.0. The van der Waals surface area contributed by atoms with Gasteiger partial charge in [-0.2, -0.15) is 13.2 Å². The second kappa shape index (κ2) is 6.91. The van der Waals surface area contributed by atoms with Crippen LogP contribution in [-0.4, -0.2) is 30.1 Å². The maximum Gasteiger partial charge on any atom is 0.417 e. The molecule has 1 aromatic heterocycles. The van der Waals surface area contributed by atoms with Gasteiger partial charge in [-0.25, -0.2) is 0 Å². The van der Waals surface area contributed by atoms with Gasteiger partial charge in [-0.05, 0) is 6.07 Å². The first-order chi connectivity index (χ1) is 9.74. The van der Waals surface area contributed by atoms with Crippen LogP contribution in [0.25, 0.3) is 0 Å². The van der Waals surface area contributed by atoms with Crippen molar-refractivity contribution in [1.82, 2.24) is 9.88 Å². The van der Waals surface area contributed by atoms with Gasteiger partial charge in [-0.15, -0.1) is 0 Å². The monoisotopic (exact) mass is 306 g/mol. The number of nitrogens with zero attached hydrogens (tertiary/aromatic N) is 1. The summed E-state index contributed by atoms with van der Waals surface area (Å²) in [5, 5.41) is 2.30. The largest absolute Gasteiger partial charge is 0.469 e. The van der Waals surface area contributed by atoms with Gasteiger partial charge in [0.2, 0.25) is 5.91 Å². The number of amides is 1. The molecule has 0 aliphatic rings. The molecule has 1 aromatic rings. The zero-order valence-corrected chi connectivity index (χ0v) is 11.1. The number of nitrogens with one attached hydrogen (secondary N) is 1. The average molecular weight is 306 g/mol. The quantitative estimate of drug-likeness (QED) is 0.806. The third-order valence-corrected chi connectivity index (χ3v) is 2.50. The van der Waals surface area contributed by atoms with Crippen LogP contribution in [0.2, 0.25) is 0 Å². The topological polar surface area (TPSA) is 77.4 Å². The molecular formula is C12H13F3N2O4. The highest BCUT2D eigenvalue weighted by Gasteiger charge is 2.31. The number of carbonyl (C=O) groups is 2. The Morgan fingerprint density at radius 3 is 2.57 bits per heavy atom. The fourth-order valence-electron chi connectivity index (χ4n) is 1.44. The van der Waals surface area contributed by atoms with Crippen LogP contribution in [-0.2, 0) is 27.0 Å². The third kappa shape index (κ3) is 5.28. The predicted octanol–water partition coefficient (Wildman–Crippen LogP) is 0.546. The minimum absolute atomic E-state index is 0.0286. The van der Waals surface area contributed by atoms with Crippen molar-refractivity contribution in [2.45, 2.75) is 19.1 Å². The molecule has 0 fully saturated rings. The molecule has 0 atom stereocenters. The molecule has 0 bridgehead atoms. The normalized spacial score (nSPS) is 11.0. The van der Waals surface area contributed by atoms with Crippen LogP contribution >= 0.6 is 0 Å². The molecule has 0 aliphatic carbocycles. The van der Waals surface area contributed by atoms with Crippen LogP contribution in [0.4, 0.5) is 13.2 Å². The lowest BCUT2D eigenvalue weighted by Gasteiger charge is -2.10. The van der Waals surface area contributed by atoms with Crippen molar-refractivity contribution >= 4 is 11.9 Å². The predicted molar refractivity (Wildman–Crippen MR) is 65.3 cm³/mol. The summed E-state index contributed by atoms with van der Waals surface area (Å²) in [4.78, 5) is 33.7. The van der Waals surface area contributed by atoms with Gasteiger partial charge in [-0.3, -0.25) is 14.4 Å². The van der Waals surface area contributed by atoms with E-state index >= 15 is 0 Å². The lowest BCUT2D eigenvalue weighted by Crippen LogP contribution is -2.33. The summed E-state index contributed by atoms with van der Waals surface area (Å²) >= 11 is 0. The number of pyridine rings is 1. The number of hydrogen-bond donors (Lipinski definition) is 1. The summed E-state index contributed by atoms with van der Waals surface area (Å²) in [6.45, 7) is -0.594. The van der Waals surface area contributed by atoms with E-state index in [1.165, 1.54) is 7.11 Å². The summed E-state index contributed by atoms with van der Waals surface area (Å²) in [5.41, 5.74) is -1.75. The highest BCUT2D eigenvalue weighted by atomic mass is 19.4. The van der Waals surface area contributed by atoms with Gasteiger partial charge in [-0.1, -0.05) is 0 Å². The number of carbonyl (C=O) groups excluding carboxylic acids is 2. The molecule has 0 radical (unpaired) electrons. The Morgan fingerprint density at radius 2 is 2.00 bits per heavy atom. The van der Waals surface area contributed by atoms with E-state index < -0.39 is 35.7 Å². The van der Waals surface area contributed by atoms with Crippen LogP contribution in [0.3, 0.4) is 0 Å². The molecule has 0 saturated heterocycles. The molecule has 0 unspecified atom stereocenters. The Hall–Kier alpha value is -2.32. The number of halogens is 3. The second-order valence-corrected chi connectivity index (χ2v) is 4.06. The molecule has 0 aromatic carbocycles.